The minimum Gasteiger partial charge on any atom is -0.497 e. The Kier molecular flexibility index (Phi) is 6.18. The molecule has 1 unspecified atom stereocenters. The molecular weight excluding hydrogens is 290 g/mol. The summed E-state index contributed by atoms with van der Waals surface area (Å²) in [4.78, 5) is 11.0. The van der Waals surface area contributed by atoms with E-state index in [2.05, 4.69) is 24.4 Å². The van der Waals surface area contributed by atoms with Crippen molar-refractivity contribution >= 4 is 5.97 Å². The van der Waals surface area contributed by atoms with E-state index in [1.54, 1.807) is 25.3 Å². The van der Waals surface area contributed by atoms with Gasteiger partial charge in [-0.3, -0.25) is 0 Å². The molecule has 0 aromatic heterocycles. The van der Waals surface area contributed by atoms with Crippen LogP contribution in [0.3, 0.4) is 0 Å². The molecule has 0 saturated carbocycles. The summed E-state index contributed by atoms with van der Waals surface area (Å²) in [6.45, 7) is 2.81. The lowest BCUT2D eigenvalue weighted by molar-refractivity contribution is 0.0696. The fourth-order valence-electron chi connectivity index (χ4n) is 2.38. The molecule has 4 nitrogen and oxygen atoms in total. The summed E-state index contributed by atoms with van der Waals surface area (Å²) in [6, 6.07) is 15.5. The number of methoxy groups -OCH3 is 1. The monoisotopic (exact) mass is 313 g/mol. The molecule has 2 rings (SSSR count). The Balaban J connectivity index is 1.79. The summed E-state index contributed by atoms with van der Waals surface area (Å²) in [5.74, 6) is -0.0161. The van der Waals surface area contributed by atoms with Crippen LogP contribution in [0.15, 0.2) is 48.5 Å². The van der Waals surface area contributed by atoms with Gasteiger partial charge in [-0.05, 0) is 55.2 Å². The van der Waals surface area contributed by atoms with Gasteiger partial charge in [0.15, 0.2) is 0 Å². The van der Waals surface area contributed by atoms with Crippen LogP contribution in [0, 0.1) is 0 Å². The van der Waals surface area contributed by atoms with Gasteiger partial charge < -0.3 is 15.2 Å². The molecular formula is C19H23NO3. The van der Waals surface area contributed by atoms with Gasteiger partial charge in [0.25, 0.3) is 0 Å². The van der Waals surface area contributed by atoms with Crippen LogP contribution >= 0.6 is 0 Å². The van der Waals surface area contributed by atoms with E-state index in [4.69, 9.17) is 9.84 Å². The number of benzene rings is 2. The molecule has 0 aliphatic rings. The minimum atomic E-state index is -0.889. The predicted octanol–water partition coefficient (Wildman–Crippen LogP) is 3.50. The highest BCUT2D eigenvalue weighted by Gasteiger charge is 2.06. The lowest BCUT2D eigenvalue weighted by atomic mass is 10.1. The van der Waals surface area contributed by atoms with E-state index in [1.165, 1.54) is 5.56 Å². The third kappa shape index (κ3) is 5.42. The van der Waals surface area contributed by atoms with Crippen LogP contribution in [0.5, 0.6) is 5.75 Å². The fraction of sp³-hybridized carbons (Fsp3) is 0.316. The summed E-state index contributed by atoms with van der Waals surface area (Å²) in [5, 5.41) is 12.4. The first-order valence-electron chi connectivity index (χ1n) is 7.77. The largest absolute Gasteiger partial charge is 0.497 e. The van der Waals surface area contributed by atoms with Crippen LogP contribution in [0.4, 0.5) is 0 Å². The lowest BCUT2D eigenvalue weighted by Crippen LogP contribution is -2.26. The van der Waals surface area contributed by atoms with Crippen LogP contribution in [0.2, 0.25) is 0 Å². The number of ether oxygens (including phenoxy) is 1. The standard InChI is InChI=1S/C19H23NO3/c1-14(6-7-15-8-10-18(23-2)11-9-15)20-13-16-4-3-5-17(12-16)19(21)22/h3-5,8-12,14,20H,6-7,13H2,1-2H3,(H,21,22). The van der Waals surface area contributed by atoms with E-state index >= 15 is 0 Å². The van der Waals surface area contributed by atoms with Crippen molar-refractivity contribution in [2.75, 3.05) is 7.11 Å². The first-order chi connectivity index (χ1) is 11.1. The Hall–Kier alpha value is -2.33. The van der Waals surface area contributed by atoms with E-state index in [9.17, 15) is 4.79 Å². The van der Waals surface area contributed by atoms with Gasteiger partial charge in [0.1, 0.15) is 5.75 Å². The normalized spacial score (nSPS) is 11.9. The zero-order chi connectivity index (χ0) is 16.7. The first kappa shape index (κ1) is 17.0. The second-order valence-corrected chi connectivity index (χ2v) is 5.67. The molecule has 0 saturated heterocycles. The van der Waals surface area contributed by atoms with Gasteiger partial charge in [-0.2, -0.15) is 0 Å². The van der Waals surface area contributed by atoms with Crippen molar-refractivity contribution in [1.29, 1.82) is 0 Å². The molecule has 0 aliphatic heterocycles. The number of aryl methyl sites for hydroxylation is 1. The molecule has 4 heteroatoms. The Morgan fingerprint density at radius 1 is 1.17 bits per heavy atom. The van der Waals surface area contributed by atoms with Gasteiger partial charge in [0.05, 0.1) is 12.7 Å². The second-order valence-electron chi connectivity index (χ2n) is 5.67. The molecule has 122 valence electrons. The summed E-state index contributed by atoms with van der Waals surface area (Å²) >= 11 is 0. The summed E-state index contributed by atoms with van der Waals surface area (Å²) in [5.41, 5.74) is 2.60. The molecule has 2 aromatic carbocycles. The predicted molar refractivity (Wildman–Crippen MR) is 91.0 cm³/mol. The molecule has 1 atom stereocenters. The SMILES string of the molecule is COc1ccc(CCC(C)NCc2cccc(C(=O)O)c2)cc1. The molecule has 0 aliphatic carbocycles. The van der Waals surface area contributed by atoms with Gasteiger partial charge >= 0.3 is 5.97 Å². The topological polar surface area (TPSA) is 58.6 Å². The highest BCUT2D eigenvalue weighted by atomic mass is 16.5. The Morgan fingerprint density at radius 2 is 1.91 bits per heavy atom. The molecule has 0 bridgehead atoms. The Bertz CT molecular complexity index is 637. The van der Waals surface area contributed by atoms with Crippen LogP contribution in [-0.4, -0.2) is 24.2 Å². The smallest absolute Gasteiger partial charge is 0.335 e. The third-order valence-corrected chi connectivity index (χ3v) is 3.85. The number of aromatic carboxylic acids is 1. The van der Waals surface area contributed by atoms with Crippen molar-refractivity contribution in [1.82, 2.24) is 5.32 Å². The number of nitrogens with one attached hydrogen (secondary N) is 1. The maximum Gasteiger partial charge on any atom is 0.335 e. The highest BCUT2D eigenvalue weighted by Crippen LogP contribution is 2.13. The van der Waals surface area contributed by atoms with Crippen LogP contribution in [0.25, 0.3) is 0 Å². The van der Waals surface area contributed by atoms with Gasteiger partial charge in [0.2, 0.25) is 0 Å². The molecule has 2 aromatic rings. The molecule has 0 amide bonds. The van der Waals surface area contributed by atoms with Gasteiger partial charge in [0, 0.05) is 12.6 Å². The van der Waals surface area contributed by atoms with E-state index in [0.717, 1.165) is 24.2 Å². The van der Waals surface area contributed by atoms with Crippen molar-refractivity contribution in [2.45, 2.75) is 32.4 Å². The van der Waals surface area contributed by atoms with Crippen molar-refractivity contribution in [2.24, 2.45) is 0 Å². The Morgan fingerprint density at radius 3 is 2.57 bits per heavy atom. The first-order valence-corrected chi connectivity index (χ1v) is 7.77. The van der Waals surface area contributed by atoms with Crippen LogP contribution < -0.4 is 10.1 Å². The maximum atomic E-state index is 11.0. The maximum absolute atomic E-state index is 11.0. The van der Waals surface area contributed by atoms with Crippen molar-refractivity contribution < 1.29 is 14.6 Å². The summed E-state index contributed by atoms with van der Waals surface area (Å²) in [7, 11) is 1.67. The van der Waals surface area contributed by atoms with Crippen molar-refractivity contribution in [3.05, 3.63) is 65.2 Å². The molecule has 2 N–H and O–H groups in total. The zero-order valence-electron chi connectivity index (χ0n) is 13.6. The molecule has 0 fully saturated rings. The molecule has 23 heavy (non-hydrogen) atoms. The number of hydrogen-bond acceptors (Lipinski definition) is 3. The average Bonchev–Trinajstić information content (AvgIpc) is 2.58. The van der Waals surface area contributed by atoms with E-state index in [0.29, 0.717) is 18.2 Å². The van der Waals surface area contributed by atoms with E-state index in [-0.39, 0.29) is 0 Å². The van der Waals surface area contributed by atoms with E-state index < -0.39 is 5.97 Å². The second kappa shape index (κ2) is 8.34. The zero-order valence-corrected chi connectivity index (χ0v) is 13.6. The van der Waals surface area contributed by atoms with Crippen molar-refractivity contribution in [3.63, 3.8) is 0 Å². The van der Waals surface area contributed by atoms with E-state index in [1.807, 2.05) is 18.2 Å². The summed E-state index contributed by atoms with van der Waals surface area (Å²) < 4.78 is 5.15. The lowest BCUT2D eigenvalue weighted by Gasteiger charge is -2.14. The number of hydrogen-bond donors (Lipinski definition) is 2. The fourth-order valence-corrected chi connectivity index (χ4v) is 2.38. The average molecular weight is 313 g/mol. The number of rotatable bonds is 8. The molecule has 0 spiro atoms. The third-order valence-electron chi connectivity index (χ3n) is 3.85. The van der Waals surface area contributed by atoms with Crippen LogP contribution in [-0.2, 0) is 13.0 Å². The summed E-state index contributed by atoms with van der Waals surface area (Å²) in [6.07, 6.45) is 2.01. The Labute approximate surface area is 137 Å². The van der Waals surface area contributed by atoms with Gasteiger partial charge in [-0.1, -0.05) is 24.3 Å². The minimum absolute atomic E-state index is 0.329. The van der Waals surface area contributed by atoms with Gasteiger partial charge in [-0.15, -0.1) is 0 Å². The molecule has 0 radical (unpaired) electrons. The van der Waals surface area contributed by atoms with Crippen molar-refractivity contribution in [3.8, 4) is 5.75 Å². The van der Waals surface area contributed by atoms with Crippen LogP contribution in [0.1, 0.15) is 34.8 Å². The quantitative estimate of drug-likeness (QED) is 0.783. The number of carbonyl (C=O) groups is 1. The highest BCUT2D eigenvalue weighted by molar-refractivity contribution is 5.87. The molecule has 0 heterocycles. The number of carboxylic acids is 1. The van der Waals surface area contributed by atoms with Gasteiger partial charge in [-0.25, -0.2) is 4.79 Å². The number of carboxylic acid groups (broad SMARTS) is 1.